The molecular weight excluding hydrogens is 169 g/mol. The van der Waals surface area contributed by atoms with Crippen molar-refractivity contribution in [3.63, 3.8) is 0 Å². The second kappa shape index (κ2) is 6.53. The maximum atomic E-state index is 9.67. The van der Waals surface area contributed by atoms with Gasteiger partial charge in [0.2, 0.25) is 10.4 Å². The predicted octanol–water partition coefficient (Wildman–Crippen LogP) is -3.62. The van der Waals surface area contributed by atoms with Crippen LogP contribution < -0.4 is 35.0 Å². The number of hydroxylamine groups is 1. The van der Waals surface area contributed by atoms with E-state index < -0.39 is 10.4 Å². The first-order chi connectivity index (χ1) is 4.06. The Kier molecular flexibility index (Phi) is 8.77. The van der Waals surface area contributed by atoms with E-state index in [9.17, 15) is 13.0 Å². The molecule has 0 aliphatic carbocycles. The fourth-order valence-corrected chi connectivity index (χ4v) is 0.444. The zero-order chi connectivity index (χ0) is 7.33. The van der Waals surface area contributed by atoms with E-state index in [1.165, 1.54) is 0 Å². The summed E-state index contributed by atoms with van der Waals surface area (Å²) in [6, 6.07) is 0. The van der Waals surface area contributed by atoms with Gasteiger partial charge in [-0.25, -0.2) is 8.42 Å². The van der Waals surface area contributed by atoms with Crippen LogP contribution >= 0.6 is 0 Å². The molecule has 0 unspecified atom stereocenters. The van der Waals surface area contributed by atoms with Crippen LogP contribution in [-0.4, -0.2) is 19.5 Å². The summed E-state index contributed by atoms with van der Waals surface area (Å²) >= 11 is 0. The van der Waals surface area contributed by atoms with Crippen LogP contribution in [0.25, 0.3) is 0 Å². The first kappa shape index (κ1) is 13.4. The number of hydrogen-bond donors (Lipinski definition) is 1. The number of hydrogen-bond acceptors (Lipinski definition) is 5. The molecule has 0 saturated carbocycles. The van der Waals surface area contributed by atoms with E-state index in [0.29, 0.717) is 13.0 Å². The van der Waals surface area contributed by atoms with Crippen molar-refractivity contribution < 1.29 is 46.8 Å². The van der Waals surface area contributed by atoms with E-state index >= 15 is 0 Å². The topological polar surface area (TPSA) is 78.5 Å². The molecule has 0 atom stereocenters. The molecule has 1 N–H and O–H groups in total. The van der Waals surface area contributed by atoms with Crippen molar-refractivity contribution in [1.29, 1.82) is 0 Å². The fourth-order valence-electron chi connectivity index (χ4n) is 0.216. The SMILES string of the molecule is CCCNOS(=O)(=O)[O-].[Na+]. The maximum Gasteiger partial charge on any atom is 1.00 e. The van der Waals surface area contributed by atoms with Crippen LogP contribution in [0.4, 0.5) is 0 Å². The Morgan fingerprint density at radius 2 is 2.10 bits per heavy atom. The van der Waals surface area contributed by atoms with Gasteiger partial charge in [-0.2, -0.15) is 9.76 Å². The minimum atomic E-state index is -4.56. The molecule has 0 aromatic rings. The molecule has 0 fully saturated rings. The number of nitrogens with one attached hydrogen (secondary N) is 1. The van der Waals surface area contributed by atoms with E-state index in [-0.39, 0.29) is 29.6 Å². The van der Waals surface area contributed by atoms with E-state index in [2.05, 4.69) is 4.28 Å². The van der Waals surface area contributed by atoms with Gasteiger partial charge in [0.05, 0.1) is 0 Å². The minimum absolute atomic E-state index is 0. The molecule has 0 aromatic carbocycles. The van der Waals surface area contributed by atoms with E-state index in [0.717, 1.165) is 0 Å². The van der Waals surface area contributed by atoms with Gasteiger partial charge in [-0.05, 0) is 6.42 Å². The summed E-state index contributed by atoms with van der Waals surface area (Å²) in [6.07, 6.45) is 0.704. The predicted molar refractivity (Wildman–Crippen MR) is 29.1 cm³/mol. The van der Waals surface area contributed by atoms with Crippen molar-refractivity contribution in [2.24, 2.45) is 0 Å². The second-order valence-corrected chi connectivity index (χ2v) is 2.37. The molecular formula is C3H8NNaO4S. The monoisotopic (exact) mass is 177 g/mol. The third-order valence-corrected chi connectivity index (χ3v) is 0.835. The first-order valence-corrected chi connectivity index (χ1v) is 3.76. The Morgan fingerprint density at radius 3 is 2.40 bits per heavy atom. The fraction of sp³-hybridized carbons (Fsp3) is 1.00. The van der Waals surface area contributed by atoms with Crippen molar-refractivity contribution in [2.75, 3.05) is 6.54 Å². The maximum absolute atomic E-state index is 9.67. The molecule has 56 valence electrons. The summed E-state index contributed by atoms with van der Waals surface area (Å²) in [5.41, 5.74) is 1.97. The molecule has 0 bridgehead atoms. The van der Waals surface area contributed by atoms with Gasteiger partial charge in [0.1, 0.15) is 0 Å². The van der Waals surface area contributed by atoms with Crippen LogP contribution in [0.3, 0.4) is 0 Å². The van der Waals surface area contributed by atoms with Gasteiger partial charge < -0.3 is 4.55 Å². The van der Waals surface area contributed by atoms with Crippen molar-refractivity contribution >= 4 is 10.4 Å². The zero-order valence-corrected chi connectivity index (χ0v) is 8.77. The van der Waals surface area contributed by atoms with Crippen LogP contribution in [0.1, 0.15) is 13.3 Å². The van der Waals surface area contributed by atoms with Gasteiger partial charge in [0.15, 0.2) is 0 Å². The van der Waals surface area contributed by atoms with Crippen LogP contribution in [0.5, 0.6) is 0 Å². The summed E-state index contributed by atoms with van der Waals surface area (Å²) in [5.74, 6) is 0. The average molecular weight is 177 g/mol. The molecule has 0 radical (unpaired) electrons. The van der Waals surface area contributed by atoms with Crippen LogP contribution in [0, 0.1) is 0 Å². The molecule has 0 aliphatic rings. The van der Waals surface area contributed by atoms with Gasteiger partial charge >= 0.3 is 29.6 Å². The third kappa shape index (κ3) is 11.6. The standard InChI is InChI=1S/C3H9NO4S.Na/c1-2-3-4-8-9(5,6)7;/h4H,2-3H2,1H3,(H,5,6,7);/q;+1/p-1. The van der Waals surface area contributed by atoms with Gasteiger partial charge in [-0.15, -0.1) is 0 Å². The Morgan fingerprint density at radius 1 is 1.60 bits per heavy atom. The normalized spacial score (nSPS) is 10.6. The molecule has 0 spiro atoms. The molecule has 0 amide bonds. The molecule has 5 nitrogen and oxygen atoms in total. The minimum Gasteiger partial charge on any atom is -0.724 e. The van der Waals surface area contributed by atoms with Crippen molar-refractivity contribution in [2.45, 2.75) is 13.3 Å². The molecule has 0 heterocycles. The zero-order valence-electron chi connectivity index (χ0n) is 5.96. The van der Waals surface area contributed by atoms with Gasteiger partial charge in [0.25, 0.3) is 0 Å². The van der Waals surface area contributed by atoms with Crippen LogP contribution in [0.15, 0.2) is 0 Å². The van der Waals surface area contributed by atoms with Gasteiger partial charge in [-0.3, -0.25) is 0 Å². The molecule has 0 rings (SSSR count). The second-order valence-electron chi connectivity index (χ2n) is 1.39. The molecule has 0 aliphatic heterocycles. The molecule has 0 aromatic heterocycles. The van der Waals surface area contributed by atoms with Crippen LogP contribution in [-0.2, 0) is 14.7 Å². The Labute approximate surface area is 82.3 Å². The largest absolute Gasteiger partial charge is 1.00 e. The first-order valence-electron chi connectivity index (χ1n) is 2.43. The van der Waals surface area contributed by atoms with Crippen molar-refractivity contribution in [1.82, 2.24) is 5.48 Å². The molecule has 10 heavy (non-hydrogen) atoms. The van der Waals surface area contributed by atoms with E-state index in [4.69, 9.17) is 0 Å². The number of rotatable bonds is 4. The van der Waals surface area contributed by atoms with Gasteiger partial charge in [0, 0.05) is 6.54 Å². The molecule has 7 heteroatoms. The third-order valence-electron chi connectivity index (χ3n) is 0.513. The smallest absolute Gasteiger partial charge is 0.724 e. The average Bonchev–Trinajstić information content (AvgIpc) is 1.63. The van der Waals surface area contributed by atoms with Crippen molar-refractivity contribution in [3.05, 3.63) is 0 Å². The van der Waals surface area contributed by atoms with E-state index in [1.54, 1.807) is 0 Å². The van der Waals surface area contributed by atoms with Gasteiger partial charge in [-0.1, -0.05) is 6.92 Å². The van der Waals surface area contributed by atoms with E-state index in [1.807, 2.05) is 12.4 Å². The summed E-state index contributed by atoms with van der Waals surface area (Å²) in [6.45, 7) is 2.16. The Bertz CT molecular complexity index is 156. The molecule has 0 saturated heterocycles. The summed E-state index contributed by atoms with van der Waals surface area (Å²) in [4.78, 5) is 0. The van der Waals surface area contributed by atoms with Crippen molar-refractivity contribution in [3.8, 4) is 0 Å². The Hall–Kier alpha value is 0.830. The van der Waals surface area contributed by atoms with Crippen LogP contribution in [0.2, 0.25) is 0 Å². The summed E-state index contributed by atoms with van der Waals surface area (Å²) < 4.78 is 32.6. The Balaban J connectivity index is 0. The summed E-state index contributed by atoms with van der Waals surface area (Å²) in [7, 11) is -4.56. The quantitative estimate of drug-likeness (QED) is 0.158. The summed E-state index contributed by atoms with van der Waals surface area (Å²) in [5, 5.41) is 0.